The van der Waals surface area contributed by atoms with E-state index in [-0.39, 0.29) is 24.5 Å². The number of amides is 3. The van der Waals surface area contributed by atoms with Crippen molar-refractivity contribution in [3.63, 3.8) is 0 Å². The molecule has 62 valence electrons. The molecule has 1 heterocycles. The molecule has 0 aromatic carbocycles. The smallest absolute Gasteiger partial charge is 0.318 e. The molecule has 1 fully saturated rings. The summed E-state index contributed by atoms with van der Waals surface area (Å²) in [5.41, 5.74) is 0. The molecule has 0 atom stereocenters. The maximum absolute atomic E-state index is 11.2. The Morgan fingerprint density at radius 1 is 1.36 bits per heavy atom. The van der Waals surface area contributed by atoms with Gasteiger partial charge >= 0.3 is 6.03 Å². The number of carbonyl (C=O) groups excluding carboxylic acids is 2. The highest BCUT2D eigenvalue weighted by Crippen LogP contribution is 2.10. The molecule has 0 aromatic heterocycles. The van der Waals surface area contributed by atoms with E-state index in [2.05, 4.69) is 0 Å². The summed E-state index contributed by atoms with van der Waals surface area (Å²) in [6, 6.07) is -0.218. The van der Waals surface area contributed by atoms with E-state index in [4.69, 9.17) is 0 Å². The molecule has 0 saturated carbocycles. The van der Waals surface area contributed by atoms with Crippen LogP contribution < -0.4 is 0 Å². The maximum atomic E-state index is 11.2. The zero-order chi connectivity index (χ0) is 8.59. The zero-order valence-electron chi connectivity index (χ0n) is 7.00. The number of hydrogen-bond acceptors (Lipinski definition) is 2. The lowest BCUT2D eigenvalue weighted by Gasteiger charge is -2.17. The number of carbonyl (C=O) groups is 2. The van der Waals surface area contributed by atoms with Gasteiger partial charge in [0.15, 0.2) is 0 Å². The number of hydrogen-bond donors (Lipinski definition) is 0. The molecule has 0 bridgehead atoms. The first kappa shape index (κ1) is 8.04. The highest BCUT2D eigenvalue weighted by Gasteiger charge is 2.34. The standard InChI is InChI=1S/C7H12N2O2/c1-5(2)9-6(10)4-8(3)7(9)11/h5H,4H2,1-3H3. The van der Waals surface area contributed by atoms with Crippen LogP contribution in [0.2, 0.25) is 0 Å². The molecule has 0 unspecified atom stereocenters. The first-order chi connectivity index (χ1) is 5.04. The minimum atomic E-state index is -0.190. The molecular weight excluding hydrogens is 144 g/mol. The Morgan fingerprint density at radius 3 is 2.09 bits per heavy atom. The molecule has 0 radical (unpaired) electrons. The molecule has 11 heavy (non-hydrogen) atoms. The van der Waals surface area contributed by atoms with Gasteiger partial charge in [-0.25, -0.2) is 4.79 Å². The molecule has 4 heteroatoms. The second kappa shape index (κ2) is 2.53. The van der Waals surface area contributed by atoms with Gasteiger partial charge in [0, 0.05) is 13.1 Å². The zero-order valence-corrected chi connectivity index (χ0v) is 7.00. The van der Waals surface area contributed by atoms with Crippen LogP contribution in [0.4, 0.5) is 4.79 Å². The molecule has 4 nitrogen and oxygen atoms in total. The Balaban J connectivity index is 2.80. The molecular formula is C7H12N2O2. The van der Waals surface area contributed by atoms with E-state index < -0.39 is 0 Å². The van der Waals surface area contributed by atoms with E-state index in [1.807, 2.05) is 13.8 Å². The monoisotopic (exact) mass is 156 g/mol. The van der Waals surface area contributed by atoms with Crippen LogP contribution in [0.25, 0.3) is 0 Å². The van der Waals surface area contributed by atoms with Gasteiger partial charge in [-0.15, -0.1) is 0 Å². The SMILES string of the molecule is CC(C)N1C(=O)CN(C)C1=O. The highest BCUT2D eigenvalue weighted by molar-refractivity contribution is 6.02. The van der Waals surface area contributed by atoms with Crippen LogP contribution in [0.5, 0.6) is 0 Å². The summed E-state index contributed by atoms with van der Waals surface area (Å²) in [5.74, 6) is -0.104. The van der Waals surface area contributed by atoms with E-state index in [1.54, 1.807) is 7.05 Å². The second-order valence-electron chi connectivity index (χ2n) is 3.00. The van der Waals surface area contributed by atoms with Gasteiger partial charge in [0.2, 0.25) is 0 Å². The van der Waals surface area contributed by atoms with Gasteiger partial charge in [0.1, 0.15) is 6.54 Å². The second-order valence-corrected chi connectivity index (χ2v) is 3.00. The van der Waals surface area contributed by atoms with Crippen LogP contribution in [-0.2, 0) is 4.79 Å². The normalized spacial score (nSPS) is 18.9. The molecule has 1 aliphatic heterocycles. The molecule has 1 aliphatic rings. The van der Waals surface area contributed by atoms with Crippen LogP contribution in [0.15, 0.2) is 0 Å². The van der Waals surface area contributed by atoms with Crippen molar-refractivity contribution >= 4 is 11.9 Å². The van der Waals surface area contributed by atoms with Gasteiger partial charge in [-0.2, -0.15) is 0 Å². The number of likely N-dealkylation sites (N-methyl/N-ethyl adjacent to an activating group) is 1. The van der Waals surface area contributed by atoms with Gasteiger partial charge in [-0.05, 0) is 13.8 Å². The molecule has 3 amide bonds. The van der Waals surface area contributed by atoms with Crippen molar-refractivity contribution in [1.82, 2.24) is 9.80 Å². The van der Waals surface area contributed by atoms with Crippen LogP contribution >= 0.6 is 0 Å². The number of imide groups is 1. The number of nitrogens with zero attached hydrogens (tertiary/aromatic N) is 2. The van der Waals surface area contributed by atoms with E-state index in [0.717, 1.165) is 0 Å². The van der Waals surface area contributed by atoms with E-state index in [9.17, 15) is 9.59 Å². The van der Waals surface area contributed by atoms with Gasteiger partial charge < -0.3 is 4.90 Å². The fourth-order valence-electron chi connectivity index (χ4n) is 1.15. The average Bonchev–Trinajstić information content (AvgIpc) is 2.07. The maximum Gasteiger partial charge on any atom is 0.327 e. The first-order valence-electron chi connectivity index (χ1n) is 3.61. The van der Waals surface area contributed by atoms with Gasteiger partial charge in [-0.1, -0.05) is 0 Å². The Labute approximate surface area is 65.8 Å². The molecule has 0 spiro atoms. The topological polar surface area (TPSA) is 40.6 Å². The fraction of sp³-hybridized carbons (Fsp3) is 0.714. The van der Waals surface area contributed by atoms with Crippen LogP contribution in [0.1, 0.15) is 13.8 Å². The van der Waals surface area contributed by atoms with Crippen molar-refractivity contribution in [2.45, 2.75) is 19.9 Å². The summed E-state index contributed by atoms with van der Waals surface area (Å²) < 4.78 is 0. The fourth-order valence-corrected chi connectivity index (χ4v) is 1.15. The van der Waals surface area contributed by atoms with Crippen LogP contribution in [0.3, 0.4) is 0 Å². The summed E-state index contributed by atoms with van der Waals surface area (Å²) in [5, 5.41) is 0. The predicted molar refractivity (Wildman–Crippen MR) is 40.0 cm³/mol. The third kappa shape index (κ3) is 1.20. The summed E-state index contributed by atoms with van der Waals surface area (Å²) >= 11 is 0. The third-order valence-electron chi connectivity index (χ3n) is 1.69. The largest absolute Gasteiger partial charge is 0.327 e. The molecule has 0 aliphatic carbocycles. The lowest BCUT2D eigenvalue weighted by Crippen LogP contribution is -2.37. The van der Waals surface area contributed by atoms with Gasteiger partial charge in [0.25, 0.3) is 5.91 Å². The minimum Gasteiger partial charge on any atom is -0.318 e. The van der Waals surface area contributed by atoms with Crippen molar-refractivity contribution in [3.8, 4) is 0 Å². The Morgan fingerprint density at radius 2 is 1.91 bits per heavy atom. The first-order valence-corrected chi connectivity index (χ1v) is 3.61. The predicted octanol–water partition coefficient (Wildman–Crippen LogP) is 0.289. The lowest BCUT2D eigenvalue weighted by molar-refractivity contribution is -0.126. The van der Waals surface area contributed by atoms with Crippen molar-refractivity contribution in [2.75, 3.05) is 13.6 Å². The quantitative estimate of drug-likeness (QED) is 0.512. The van der Waals surface area contributed by atoms with Crippen molar-refractivity contribution in [1.29, 1.82) is 0 Å². The summed E-state index contributed by atoms with van der Waals surface area (Å²) in [6.07, 6.45) is 0. The number of urea groups is 1. The van der Waals surface area contributed by atoms with Crippen LogP contribution in [-0.4, -0.2) is 41.4 Å². The van der Waals surface area contributed by atoms with Crippen molar-refractivity contribution in [3.05, 3.63) is 0 Å². The minimum absolute atomic E-state index is 0.0278. The summed E-state index contributed by atoms with van der Waals surface area (Å²) in [4.78, 5) is 25.0. The molecule has 1 rings (SSSR count). The van der Waals surface area contributed by atoms with E-state index >= 15 is 0 Å². The Kier molecular flexibility index (Phi) is 1.85. The Hall–Kier alpha value is -1.06. The van der Waals surface area contributed by atoms with E-state index in [1.165, 1.54) is 9.80 Å². The molecule has 0 aromatic rings. The highest BCUT2D eigenvalue weighted by atomic mass is 16.2. The van der Waals surface area contributed by atoms with Crippen LogP contribution in [0, 0.1) is 0 Å². The van der Waals surface area contributed by atoms with Crippen molar-refractivity contribution in [2.24, 2.45) is 0 Å². The third-order valence-corrected chi connectivity index (χ3v) is 1.69. The lowest BCUT2D eigenvalue weighted by atomic mass is 10.3. The molecule has 0 N–H and O–H groups in total. The number of rotatable bonds is 1. The Bertz CT molecular complexity index is 201. The van der Waals surface area contributed by atoms with Gasteiger partial charge in [-0.3, -0.25) is 9.69 Å². The van der Waals surface area contributed by atoms with Crippen molar-refractivity contribution < 1.29 is 9.59 Å². The average molecular weight is 156 g/mol. The summed E-state index contributed by atoms with van der Waals surface area (Å²) in [7, 11) is 1.63. The summed E-state index contributed by atoms with van der Waals surface area (Å²) in [6.45, 7) is 3.88. The molecule has 1 saturated heterocycles. The van der Waals surface area contributed by atoms with Gasteiger partial charge in [0.05, 0.1) is 0 Å². The van der Waals surface area contributed by atoms with E-state index in [0.29, 0.717) is 0 Å².